The maximum absolute atomic E-state index is 13.3. The number of aromatic nitrogens is 1. The molecule has 1 aliphatic rings. The topological polar surface area (TPSA) is 78.4 Å². The number of nitrogens with one attached hydrogen (secondary N) is 3. The third-order valence-corrected chi connectivity index (χ3v) is 6.14. The number of benzene rings is 1. The average molecular weight is 508 g/mol. The predicted molar refractivity (Wildman–Crippen MR) is 133 cm³/mol. The second kappa shape index (κ2) is 12.2. The van der Waals surface area contributed by atoms with Crippen molar-refractivity contribution in [2.45, 2.75) is 44.4 Å². The van der Waals surface area contributed by atoms with E-state index in [-0.39, 0.29) is 6.04 Å². The van der Waals surface area contributed by atoms with Gasteiger partial charge in [-0.3, -0.25) is 9.79 Å². The number of piperidine rings is 1. The van der Waals surface area contributed by atoms with Gasteiger partial charge >= 0.3 is 6.18 Å². The minimum absolute atomic E-state index is 0.103. The number of hydrogen-bond donors (Lipinski definition) is 3. The van der Waals surface area contributed by atoms with Crippen molar-refractivity contribution >= 4 is 29.3 Å². The van der Waals surface area contributed by atoms with Crippen molar-refractivity contribution < 1.29 is 18.0 Å². The Balaban J connectivity index is 1.98. The van der Waals surface area contributed by atoms with Crippen molar-refractivity contribution in [2.75, 3.05) is 20.1 Å². The number of carbonyl (C=O) groups excluding carboxylic acids is 1. The Morgan fingerprint density at radius 3 is 2.80 bits per heavy atom. The number of alkyl halides is 3. The molecule has 0 bridgehead atoms. The van der Waals surface area contributed by atoms with Crippen LogP contribution in [0.4, 0.5) is 13.2 Å². The lowest BCUT2D eigenvalue weighted by atomic mass is 9.90. The van der Waals surface area contributed by atoms with Gasteiger partial charge in [0.15, 0.2) is 0 Å². The smallest absolute Gasteiger partial charge is 0.391 e. The number of aliphatic imine (C=N–C) groups is 1. The van der Waals surface area contributed by atoms with E-state index in [1.807, 2.05) is 37.4 Å². The Morgan fingerprint density at radius 2 is 2.14 bits per heavy atom. The lowest BCUT2D eigenvalue weighted by Crippen LogP contribution is -2.46. The van der Waals surface area contributed by atoms with E-state index >= 15 is 0 Å². The molecule has 1 saturated heterocycles. The molecule has 1 aromatic heterocycles. The van der Waals surface area contributed by atoms with Crippen molar-refractivity contribution in [3.63, 3.8) is 0 Å². The fourth-order valence-corrected chi connectivity index (χ4v) is 4.37. The number of hydrogen-bond acceptors (Lipinski definition) is 5. The van der Waals surface area contributed by atoms with Crippen LogP contribution in [0.3, 0.4) is 0 Å². The summed E-state index contributed by atoms with van der Waals surface area (Å²) in [5, 5.41) is 8.79. The summed E-state index contributed by atoms with van der Waals surface area (Å²) in [5.41, 5.74) is 1.01. The van der Waals surface area contributed by atoms with E-state index < -0.39 is 34.4 Å². The average Bonchev–Trinajstić information content (AvgIpc) is 2.85. The van der Waals surface area contributed by atoms with E-state index in [1.54, 1.807) is 13.3 Å². The SMILES string of the molecule is CCN/C=C(\C=NC)c1cccc([C@H](NC(=O)c2nccc(C(F)(F)F)c2Cl)[C@@H]2CCCCN2)c1. The number of carbonyl (C=O) groups is 1. The quantitative estimate of drug-likeness (QED) is 0.438. The van der Waals surface area contributed by atoms with Gasteiger partial charge in [0.2, 0.25) is 0 Å². The molecule has 1 fully saturated rings. The molecule has 2 heterocycles. The van der Waals surface area contributed by atoms with Gasteiger partial charge in [-0.1, -0.05) is 36.2 Å². The second-order valence-electron chi connectivity index (χ2n) is 8.20. The first-order valence-corrected chi connectivity index (χ1v) is 11.9. The molecule has 6 nitrogen and oxygen atoms in total. The Labute approximate surface area is 208 Å². The van der Waals surface area contributed by atoms with E-state index in [4.69, 9.17) is 11.6 Å². The Morgan fingerprint density at radius 1 is 1.34 bits per heavy atom. The molecule has 35 heavy (non-hydrogen) atoms. The molecule has 0 spiro atoms. The first-order chi connectivity index (χ1) is 16.8. The van der Waals surface area contributed by atoms with Gasteiger partial charge < -0.3 is 16.0 Å². The van der Waals surface area contributed by atoms with Crippen molar-refractivity contribution in [3.05, 3.63) is 70.1 Å². The molecular weight excluding hydrogens is 479 g/mol. The number of allylic oxidation sites excluding steroid dienone is 1. The van der Waals surface area contributed by atoms with Gasteiger partial charge in [-0.15, -0.1) is 0 Å². The minimum atomic E-state index is -4.69. The van der Waals surface area contributed by atoms with E-state index in [2.05, 4.69) is 25.9 Å². The summed E-state index contributed by atoms with van der Waals surface area (Å²) in [6, 6.07) is 7.81. The fraction of sp³-hybridized carbons (Fsp3) is 0.400. The van der Waals surface area contributed by atoms with Gasteiger partial charge in [-0.2, -0.15) is 13.2 Å². The first-order valence-electron chi connectivity index (χ1n) is 11.5. The van der Waals surface area contributed by atoms with E-state index in [9.17, 15) is 18.0 Å². The molecule has 0 radical (unpaired) electrons. The number of rotatable bonds is 8. The standard InChI is InChI=1S/C25H29ClF3N5O/c1-3-31-15-18(14-30-2)16-7-6-8-17(13-16)22(20-9-4-5-11-32-20)34-24(35)23-21(26)19(10-12-33-23)25(27,28)29/h6-8,10,12-15,20,22,31-32H,3-5,9,11H2,1-2H3,(H,34,35)/b18-15+,30-14?/t20-,22-/m0/s1. The van der Waals surface area contributed by atoms with E-state index in [0.29, 0.717) is 0 Å². The summed E-state index contributed by atoms with van der Waals surface area (Å²) in [7, 11) is 1.68. The van der Waals surface area contributed by atoms with Gasteiger partial charge in [0.05, 0.1) is 16.6 Å². The maximum atomic E-state index is 13.3. The molecule has 1 aromatic carbocycles. The monoisotopic (exact) mass is 507 g/mol. The fourth-order valence-electron chi connectivity index (χ4n) is 4.07. The van der Waals surface area contributed by atoms with Crippen LogP contribution in [0.2, 0.25) is 5.02 Å². The van der Waals surface area contributed by atoms with Crippen LogP contribution in [0.5, 0.6) is 0 Å². The summed E-state index contributed by atoms with van der Waals surface area (Å²) in [6.07, 6.45) is 2.64. The normalized spacial score (nSPS) is 17.9. The molecule has 1 amide bonds. The van der Waals surface area contributed by atoms with Crippen molar-refractivity contribution in [3.8, 4) is 0 Å². The van der Waals surface area contributed by atoms with Gasteiger partial charge in [0.1, 0.15) is 5.69 Å². The highest BCUT2D eigenvalue weighted by molar-refractivity contribution is 6.34. The molecule has 2 aromatic rings. The van der Waals surface area contributed by atoms with Gasteiger partial charge in [-0.05, 0) is 49.6 Å². The molecule has 3 N–H and O–H groups in total. The predicted octanol–water partition coefficient (Wildman–Crippen LogP) is 5.02. The van der Waals surface area contributed by atoms with Crippen LogP contribution in [0.15, 0.2) is 47.7 Å². The highest BCUT2D eigenvalue weighted by Crippen LogP contribution is 2.36. The number of nitrogens with zero attached hydrogens (tertiary/aromatic N) is 2. The van der Waals surface area contributed by atoms with Crippen LogP contribution < -0.4 is 16.0 Å². The maximum Gasteiger partial charge on any atom is 0.417 e. The Hall–Kier alpha value is -2.91. The van der Waals surface area contributed by atoms with Crippen LogP contribution >= 0.6 is 11.6 Å². The summed E-state index contributed by atoms with van der Waals surface area (Å²) in [5.74, 6) is -0.762. The van der Waals surface area contributed by atoms with Gasteiger partial charge in [0.25, 0.3) is 5.91 Å². The van der Waals surface area contributed by atoms with Crippen molar-refractivity contribution in [2.24, 2.45) is 4.99 Å². The molecule has 188 valence electrons. The summed E-state index contributed by atoms with van der Waals surface area (Å²) in [6.45, 7) is 3.52. The Bertz CT molecular complexity index is 1080. The number of amides is 1. The zero-order chi connectivity index (χ0) is 25.4. The van der Waals surface area contributed by atoms with Crippen LogP contribution in [-0.2, 0) is 6.18 Å². The van der Waals surface area contributed by atoms with Crippen LogP contribution in [-0.4, -0.2) is 43.3 Å². The number of halogens is 4. The highest BCUT2D eigenvalue weighted by atomic mass is 35.5. The van der Waals surface area contributed by atoms with Gasteiger partial charge in [-0.25, -0.2) is 4.98 Å². The Kier molecular flexibility index (Phi) is 9.28. The zero-order valence-corrected chi connectivity index (χ0v) is 20.4. The third kappa shape index (κ3) is 6.82. The largest absolute Gasteiger partial charge is 0.417 e. The minimum Gasteiger partial charge on any atom is -0.391 e. The van der Waals surface area contributed by atoms with Crippen LogP contribution in [0, 0.1) is 0 Å². The molecule has 3 rings (SSSR count). The summed E-state index contributed by atoms with van der Waals surface area (Å²) >= 11 is 5.97. The van der Waals surface area contributed by atoms with E-state index in [0.717, 1.165) is 61.3 Å². The molecule has 10 heteroatoms. The zero-order valence-electron chi connectivity index (χ0n) is 19.6. The van der Waals surface area contributed by atoms with Crippen molar-refractivity contribution in [1.29, 1.82) is 0 Å². The molecule has 0 unspecified atom stereocenters. The van der Waals surface area contributed by atoms with Crippen LogP contribution in [0.1, 0.15) is 59.4 Å². The summed E-state index contributed by atoms with van der Waals surface area (Å²) < 4.78 is 39.9. The first kappa shape index (κ1) is 26.7. The lowest BCUT2D eigenvalue weighted by molar-refractivity contribution is -0.137. The van der Waals surface area contributed by atoms with Gasteiger partial charge in [0, 0.05) is 43.8 Å². The lowest BCUT2D eigenvalue weighted by Gasteiger charge is -2.32. The summed E-state index contributed by atoms with van der Waals surface area (Å²) in [4.78, 5) is 21.1. The second-order valence-corrected chi connectivity index (χ2v) is 8.57. The third-order valence-electron chi connectivity index (χ3n) is 5.76. The molecule has 0 saturated carbocycles. The highest BCUT2D eigenvalue weighted by Gasteiger charge is 2.36. The molecule has 0 aliphatic carbocycles. The molecule has 2 atom stereocenters. The molecular formula is C25H29ClF3N5O. The molecule has 1 aliphatic heterocycles. The van der Waals surface area contributed by atoms with E-state index in [1.165, 1.54) is 0 Å². The van der Waals surface area contributed by atoms with Crippen LogP contribution in [0.25, 0.3) is 5.57 Å². The number of pyridine rings is 1. The van der Waals surface area contributed by atoms with Crippen molar-refractivity contribution in [1.82, 2.24) is 20.9 Å².